The van der Waals surface area contributed by atoms with E-state index < -0.39 is 0 Å². The predicted molar refractivity (Wildman–Crippen MR) is 91.9 cm³/mol. The topological polar surface area (TPSA) is 53.6 Å². The number of rotatable bonds is 5. The Morgan fingerprint density at radius 1 is 1.38 bits per heavy atom. The van der Waals surface area contributed by atoms with Crippen LogP contribution in [-0.4, -0.2) is 37.5 Å². The van der Waals surface area contributed by atoms with Crippen LogP contribution in [0.25, 0.3) is 0 Å². The van der Waals surface area contributed by atoms with Crippen molar-refractivity contribution < 1.29 is 0 Å². The van der Waals surface area contributed by atoms with E-state index in [9.17, 15) is 0 Å². The van der Waals surface area contributed by atoms with E-state index in [0.717, 1.165) is 0 Å². The van der Waals surface area contributed by atoms with Crippen molar-refractivity contribution in [3.8, 4) is 0 Å². The van der Waals surface area contributed by atoms with E-state index >= 15 is 0 Å². The summed E-state index contributed by atoms with van der Waals surface area (Å²) in [6.07, 6.45) is 7.77. The highest BCUT2D eigenvalue weighted by molar-refractivity contribution is 7.10. The number of aliphatic imine (C=N–C) groups is 1. The maximum atomic E-state index is 6.08. The van der Waals surface area contributed by atoms with Crippen LogP contribution in [0.2, 0.25) is 0 Å². The Morgan fingerprint density at radius 3 is 2.67 bits per heavy atom. The van der Waals surface area contributed by atoms with Gasteiger partial charge in [-0.15, -0.1) is 11.3 Å². The zero-order valence-electron chi connectivity index (χ0n) is 13.2. The van der Waals surface area contributed by atoms with Crippen LogP contribution in [0, 0.1) is 0 Å². The van der Waals surface area contributed by atoms with Gasteiger partial charge in [0, 0.05) is 10.9 Å². The molecule has 0 spiro atoms. The zero-order chi connectivity index (χ0) is 15.1. The smallest absolute Gasteiger partial charge is 0.188 e. The third-order valence-electron chi connectivity index (χ3n) is 4.14. The summed E-state index contributed by atoms with van der Waals surface area (Å²) in [6.45, 7) is 0.707. The van der Waals surface area contributed by atoms with Crippen LogP contribution in [0.1, 0.15) is 49.4 Å². The Balaban J connectivity index is 1.88. The second-order valence-electron chi connectivity index (χ2n) is 6.05. The Morgan fingerprint density at radius 2 is 2.10 bits per heavy atom. The molecule has 3 N–H and O–H groups in total. The van der Waals surface area contributed by atoms with Crippen molar-refractivity contribution in [2.75, 3.05) is 20.6 Å². The van der Waals surface area contributed by atoms with E-state index in [4.69, 9.17) is 5.73 Å². The molecule has 0 aromatic carbocycles. The first-order chi connectivity index (χ1) is 10.2. The lowest BCUT2D eigenvalue weighted by molar-refractivity contribution is 0.310. The number of hydrogen-bond donors (Lipinski definition) is 2. The molecule has 0 radical (unpaired) electrons. The van der Waals surface area contributed by atoms with Gasteiger partial charge >= 0.3 is 0 Å². The van der Waals surface area contributed by atoms with Gasteiger partial charge in [0.15, 0.2) is 5.96 Å². The highest BCUT2D eigenvalue weighted by atomic mass is 32.1. The maximum absolute atomic E-state index is 6.08. The first kappa shape index (κ1) is 16.3. The minimum Gasteiger partial charge on any atom is -0.370 e. The fourth-order valence-electron chi connectivity index (χ4n) is 2.85. The molecule has 5 heteroatoms. The van der Waals surface area contributed by atoms with E-state index in [-0.39, 0.29) is 0 Å². The fourth-order valence-corrected chi connectivity index (χ4v) is 3.77. The van der Waals surface area contributed by atoms with E-state index in [1.54, 1.807) is 11.3 Å². The van der Waals surface area contributed by atoms with Crippen LogP contribution in [0.4, 0.5) is 0 Å². The van der Waals surface area contributed by atoms with Crippen molar-refractivity contribution in [1.29, 1.82) is 0 Å². The van der Waals surface area contributed by atoms with Crippen molar-refractivity contribution in [2.24, 2.45) is 10.7 Å². The van der Waals surface area contributed by atoms with Crippen LogP contribution in [0.3, 0.4) is 0 Å². The van der Waals surface area contributed by atoms with Gasteiger partial charge in [-0.25, -0.2) is 0 Å². The molecule has 1 atom stereocenters. The molecule has 0 saturated heterocycles. The lowest BCUT2D eigenvalue weighted by atomic mass is 10.1. The lowest BCUT2D eigenvalue weighted by Gasteiger charge is -2.22. The summed E-state index contributed by atoms with van der Waals surface area (Å²) in [5, 5.41) is 5.52. The Bertz CT molecular complexity index is 419. The average Bonchev–Trinajstić information content (AvgIpc) is 2.84. The summed E-state index contributed by atoms with van der Waals surface area (Å²) in [5.41, 5.74) is 6.08. The molecule has 1 unspecified atom stereocenters. The molecule has 1 saturated carbocycles. The number of guanidine groups is 1. The molecule has 1 heterocycles. The van der Waals surface area contributed by atoms with Gasteiger partial charge in [0.2, 0.25) is 0 Å². The summed E-state index contributed by atoms with van der Waals surface area (Å²) in [7, 11) is 4.18. The SMILES string of the molecule is CN(C)C(CN=C(N)NC1CCCCCC1)c1cccs1. The average molecular weight is 308 g/mol. The highest BCUT2D eigenvalue weighted by Gasteiger charge is 2.16. The second-order valence-corrected chi connectivity index (χ2v) is 7.03. The van der Waals surface area contributed by atoms with Gasteiger partial charge in [-0.2, -0.15) is 0 Å². The van der Waals surface area contributed by atoms with E-state index in [1.165, 1.54) is 43.4 Å². The molecule has 1 aliphatic rings. The first-order valence-electron chi connectivity index (χ1n) is 7.93. The Labute approximate surface area is 132 Å². The van der Waals surface area contributed by atoms with Gasteiger partial charge in [-0.05, 0) is 38.4 Å². The number of thiophene rings is 1. The third-order valence-corrected chi connectivity index (χ3v) is 5.11. The van der Waals surface area contributed by atoms with Gasteiger partial charge in [-0.1, -0.05) is 31.7 Å². The van der Waals surface area contributed by atoms with Crippen molar-refractivity contribution in [3.05, 3.63) is 22.4 Å². The number of nitrogens with zero attached hydrogens (tertiary/aromatic N) is 2. The molecule has 118 valence electrons. The van der Waals surface area contributed by atoms with Gasteiger partial charge in [0.1, 0.15) is 0 Å². The summed E-state index contributed by atoms with van der Waals surface area (Å²) < 4.78 is 0. The van der Waals surface area contributed by atoms with Crippen molar-refractivity contribution >= 4 is 17.3 Å². The maximum Gasteiger partial charge on any atom is 0.188 e. The summed E-state index contributed by atoms with van der Waals surface area (Å²) >= 11 is 1.78. The monoisotopic (exact) mass is 308 g/mol. The number of likely N-dealkylation sites (N-methyl/N-ethyl adjacent to an activating group) is 1. The quantitative estimate of drug-likeness (QED) is 0.499. The molecule has 1 fully saturated rings. The van der Waals surface area contributed by atoms with Crippen molar-refractivity contribution in [1.82, 2.24) is 10.2 Å². The molecule has 1 aromatic rings. The predicted octanol–water partition coefficient (Wildman–Crippen LogP) is 2.98. The highest BCUT2D eigenvalue weighted by Crippen LogP contribution is 2.23. The third kappa shape index (κ3) is 5.32. The Kier molecular flexibility index (Phi) is 6.51. The number of hydrogen-bond acceptors (Lipinski definition) is 3. The van der Waals surface area contributed by atoms with Crippen LogP contribution in [0.5, 0.6) is 0 Å². The molecule has 21 heavy (non-hydrogen) atoms. The molecule has 1 aliphatic carbocycles. The van der Waals surface area contributed by atoms with Crippen LogP contribution >= 0.6 is 11.3 Å². The van der Waals surface area contributed by atoms with Crippen LogP contribution < -0.4 is 11.1 Å². The zero-order valence-corrected chi connectivity index (χ0v) is 14.0. The summed E-state index contributed by atoms with van der Waals surface area (Å²) in [5.74, 6) is 0.602. The van der Waals surface area contributed by atoms with E-state index in [1.807, 2.05) is 0 Å². The number of nitrogens with two attached hydrogens (primary N) is 1. The summed E-state index contributed by atoms with van der Waals surface area (Å²) in [4.78, 5) is 8.12. The minimum atomic E-state index is 0.305. The molecule has 1 aromatic heterocycles. The molecule has 0 bridgehead atoms. The molecular weight excluding hydrogens is 280 g/mol. The lowest BCUT2D eigenvalue weighted by Crippen LogP contribution is -2.40. The molecule has 0 amide bonds. The fraction of sp³-hybridized carbons (Fsp3) is 0.688. The van der Waals surface area contributed by atoms with Crippen LogP contribution in [0.15, 0.2) is 22.5 Å². The number of nitrogens with one attached hydrogen (secondary N) is 1. The standard InChI is InChI=1S/C16H28N4S/c1-20(2)14(15-10-7-11-21-15)12-18-16(17)19-13-8-5-3-4-6-9-13/h7,10-11,13-14H,3-6,8-9,12H2,1-2H3,(H3,17,18,19). The molecular formula is C16H28N4S. The second kappa shape index (κ2) is 8.39. The minimum absolute atomic E-state index is 0.305. The molecule has 4 nitrogen and oxygen atoms in total. The van der Waals surface area contributed by atoms with Crippen LogP contribution in [-0.2, 0) is 0 Å². The van der Waals surface area contributed by atoms with Gasteiger partial charge in [-0.3, -0.25) is 4.99 Å². The largest absolute Gasteiger partial charge is 0.370 e. The first-order valence-corrected chi connectivity index (χ1v) is 8.81. The molecule has 2 rings (SSSR count). The van der Waals surface area contributed by atoms with Gasteiger partial charge in [0.05, 0.1) is 12.6 Å². The van der Waals surface area contributed by atoms with Gasteiger partial charge < -0.3 is 16.0 Å². The summed E-state index contributed by atoms with van der Waals surface area (Å²) in [6, 6.07) is 5.07. The van der Waals surface area contributed by atoms with E-state index in [2.05, 4.69) is 46.8 Å². The van der Waals surface area contributed by atoms with Crippen molar-refractivity contribution in [2.45, 2.75) is 50.6 Å². The van der Waals surface area contributed by atoms with E-state index in [0.29, 0.717) is 24.6 Å². The Hall–Kier alpha value is -1.07. The van der Waals surface area contributed by atoms with Crippen molar-refractivity contribution in [3.63, 3.8) is 0 Å². The molecule has 0 aliphatic heterocycles. The normalized spacial score (nSPS) is 19.5. The van der Waals surface area contributed by atoms with Gasteiger partial charge in [0.25, 0.3) is 0 Å².